The molecule has 0 aliphatic heterocycles. The molecule has 0 bridgehead atoms. The smallest absolute Gasteiger partial charge is 0.349 e. The van der Waals surface area contributed by atoms with Crippen LogP contribution in [0.25, 0.3) is 0 Å². The quantitative estimate of drug-likeness (QED) is 0.535. The van der Waals surface area contributed by atoms with Crippen LogP contribution in [0.1, 0.15) is 27.2 Å². The summed E-state index contributed by atoms with van der Waals surface area (Å²) in [6.45, 7) is 7.63. The summed E-state index contributed by atoms with van der Waals surface area (Å²) >= 11 is 0. The highest BCUT2D eigenvalue weighted by molar-refractivity contribution is 5.92. The maximum absolute atomic E-state index is 11.4. The van der Waals surface area contributed by atoms with Crippen molar-refractivity contribution in [2.24, 2.45) is 5.92 Å². The number of ether oxygens (including phenoxy) is 1. The molecule has 96 valence electrons. The lowest BCUT2D eigenvalue weighted by molar-refractivity contribution is -0.186. The SMILES string of the molecule is C=C(C)C(=O)OC(CC(=O)O)(C(=O)O)C(C)C. The highest BCUT2D eigenvalue weighted by atomic mass is 16.6. The number of hydrogen-bond acceptors (Lipinski definition) is 4. The Hall–Kier alpha value is -1.85. The molecule has 0 amide bonds. The summed E-state index contributed by atoms with van der Waals surface area (Å²) in [5.41, 5.74) is -2.05. The van der Waals surface area contributed by atoms with Crippen molar-refractivity contribution in [2.45, 2.75) is 32.8 Å². The molecule has 0 spiro atoms. The molecular formula is C11H16O6. The van der Waals surface area contributed by atoms with Gasteiger partial charge in [-0.2, -0.15) is 0 Å². The predicted molar refractivity (Wildman–Crippen MR) is 58.4 cm³/mol. The Bertz CT molecular complexity index is 357. The second-order valence-electron chi connectivity index (χ2n) is 4.09. The van der Waals surface area contributed by atoms with Crippen LogP contribution in [-0.4, -0.2) is 33.7 Å². The Labute approximate surface area is 98.9 Å². The van der Waals surface area contributed by atoms with E-state index < -0.39 is 35.8 Å². The Kier molecular flexibility index (Phi) is 4.87. The van der Waals surface area contributed by atoms with Gasteiger partial charge in [0.25, 0.3) is 0 Å². The van der Waals surface area contributed by atoms with Gasteiger partial charge in [0.1, 0.15) is 0 Å². The topological polar surface area (TPSA) is 101 Å². The molecule has 0 fully saturated rings. The van der Waals surface area contributed by atoms with Crippen molar-refractivity contribution < 1.29 is 29.3 Å². The Morgan fingerprint density at radius 2 is 1.76 bits per heavy atom. The molecule has 1 unspecified atom stereocenters. The molecular weight excluding hydrogens is 228 g/mol. The Morgan fingerprint density at radius 1 is 1.29 bits per heavy atom. The lowest BCUT2D eigenvalue weighted by Gasteiger charge is -2.31. The fourth-order valence-electron chi connectivity index (χ4n) is 1.20. The van der Waals surface area contributed by atoms with E-state index >= 15 is 0 Å². The molecule has 0 aliphatic carbocycles. The number of carboxylic acid groups (broad SMARTS) is 2. The third-order valence-electron chi connectivity index (χ3n) is 2.33. The van der Waals surface area contributed by atoms with Crippen LogP contribution in [0.5, 0.6) is 0 Å². The summed E-state index contributed by atoms with van der Waals surface area (Å²) in [6, 6.07) is 0. The van der Waals surface area contributed by atoms with Crippen LogP contribution in [0.15, 0.2) is 12.2 Å². The minimum Gasteiger partial charge on any atom is -0.481 e. The van der Waals surface area contributed by atoms with Crippen molar-refractivity contribution >= 4 is 17.9 Å². The summed E-state index contributed by atoms with van der Waals surface area (Å²) in [5, 5.41) is 17.8. The second-order valence-corrected chi connectivity index (χ2v) is 4.09. The lowest BCUT2D eigenvalue weighted by atomic mass is 9.86. The molecule has 0 saturated carbocycles. The van der Waals surface area contributed by atoms with Gasteiger partial charge >= 0.3 is 17.9 Å². The predicted octanol–water partition coefficient (Wildman–Crippen LogP) is 1.06. The second kappa shape index (κ2) is 5.47. The summed E-state index contributed by atoms with van der Waals surface area (Å²) in [6.07, 6.45) is -0.793. The molecule has 2 N–H and O–H groups in total. The van der Waals surface area contributed by atoms with Crippen LogP contribution in [0.3, 0.4) is 0 Å². The number of rotatable bonds is 6. The molecule has 0 radical (unpaired) electrons. The van der Waals surface area contributed by atoms with Crippen molar-refractivity contribution in [2.75, 3.05) is 0 Å². The summed E-state index contributed by atoms with van der Waals surface area (Å²) < 4.78 is 4.81. The van der Waals surface area contributed by atoms with Gasteiger partial charge in [0.15, 0.2) is 0 Å². The number of esters is 1. The van der Waals surface area contributed by atoms with Crippen molar-refractivity contribution in [1.82, 2.24) is 0 Å². The summed E-state index contributed by atoms with van der Waals surface area (Å²) in [4.78, 5) is 33.3. The molecule has 6 nitrogen and oxygen atoms in total. The van der Waals surface area contributed by atoms with Gasteiger partial charge in [-0.15, -0.1) is 0 Å². The van der Waals surface area contributed by atoms with Crippen LogP contribution >= 0.6 is 0 Å². The van der Waals surface area contributed by atoms with Gasteiger partial charge in [0, 0.05) is 11.5 Å². The normalized spacial score (nSPS) is 13.9. The fourth-order valence-corrected chi connectivity index (χ4v) is 1.20. The van der Waals surface area contributed by atoms with Crippen molar-refractivity contribution in [3.63, 3.8) is 0 Å². The van der Waals surface area contributed by atoms with E-state index in [2.05, 4.69) is 6.58 Å². The average Bonchev–Trinajstić information content (AvgIpc) is 2.14. The zero-order valence-corrected chi connectivity index (χ0v) is 10.0. The summed E-state index contributed by atoms with van der Waals surface area (Å²) in [5.74, 6) is -4.43. The van der Waals surface area contributed by atoms with Gasteiger partial charge in [-0.25, -0.2) is 9.59 Å². The van der Waals surface area contributed by atoms with Gasteiger partial charge < -0.3 is 14.9 Å². The maximum Gasteiger partial charge on any atom is 0.349 e. The molecule has 0 saturated heterocycles. The Morgan fingerprint density at radius 3 is 2.00 bits per heavy atom. The fraction of sp³-hybridized carbons (Fsp3) is 0.545. The number of aliphatic carboxylic acids is 2. The average molecular weight is 244 g/mol. The first kappa shape index (κ1) is 15.2. The molecule has 17 heavy (non-hydrogen) atoms. The zero-order valence-electron chi connectivity index (χ0n) is 10.0. The standard InChI is InChI=1S/C11H16O6/c1-6(2)9(14)17-11(7(3)4,10(15)16)5-8(12)13/h7H,1,5H2,2-4H3,(H,12,13)(H,15,16). The van der Waals surface area contributed by atoms with Crippen molar-refractivity contribution in [3.05, 3.63) is 12.2 Å². The van der Waals surface area contributed by atoms with E-state index in [4.69, 9.17) is 14.9 Å². The van der Waals surface area contributed by atoms with Gasteiger partial charge in [-0.05, 0) is 6.92 Å². The molecule has 0 aromatic heterocycles. The van der Waals surface area contributed by atoms with E-state index in [-0.39, 0.29) is 5.57 Å². The van der Waals surface area contributed by atoms with Crippen LogP contribution in [0, 0.1) is 5.92 Å². The number of carbonyl (C=O) groups excluding carboxylic acids is 1. The van der Waals surface area contributed by atoms with E-state index in [0.717, 1.165) is 0 Å². The van der Waals surface area contributed by atoms with Crippen LogP contribution < -0.4 is 0 Å². The first-order valence-corrected chi connectivity index (χ1v) is 4.97. The molecule has 0 heterocycles. The maximum atomic E-state index is 11.4. The molecule has 6 heteroatoms. The minimum atomic E-state index is -2.07. The largest absolute Gasteiger partial charge is 0.481 e. The molecule has 0 aromatic carbocycles. The molecule has 0 aromatic rings. The molecule has 0 rings (SSSR count). The van der Waals surface area contributed by atoms with E-state index in [9.17, 15) is 14.4 Å². The molecule has 1 atom stereocenters. The lowest BCUT2D eigenvalue weighted by Crippen LogP contribution is -2.49. The van der Waals surface area contributed by atoms with E-state index in [0.29, 0.717) is 0 Å². The van der Waals surface area contributed by atoms with Crippen molar-refractivity contribution in [3.8, 4) is 0 Å². The third-order valence-corrected chi connectivity index (χ3v) is 2.33. The van der Waals surface area contributed by atoms with Gasteiger partial charge in [-0.3, -0.25) is 4.79 Å². The van der Waals surface area contributed by atoms with E-state index in [1.54, 1.807) is 0 Å². The number of carboxylic acids is 2. The highest BCUT2D eigenvalue weighted by Gasteiger charge is 2.48. The zero-order chi connectivity index (χ0) is 13.8. The van der Waals surface area contributed by atoms with E-state index in [1.807, 2.05) is 0 Å². The first-order valence-electron chi connectivity index (χ1n) is 4.97. The van der Waals surface area contributed by atoms with Crippen molar-refractivity contribution in [1.29, 1.82) is 0 Å². The summed E-state index contributed by atoms with van der Waals surface area (Å²) in [7, 11) is 0. The van der Waals surface area contributed by atoms with E-state index in [1.165, 1.54) is 20.8 Å². The van der Waals surface area contributed by atoms with Crippen LogP contribution in [0.2, 0.25) is 0 Å². The Balaban J connectivity index is 5.33. The number of hydrogen-bond donors (Lipinski definition) is 2. The van der Waals surface area contributed by atoms with Gasteiger partial charge in [0.2, 0.25) is 5.60 Å². The highest BCUT2D eigenvalue weighted by Crippen LogP contribution is 2.27. The monoisotopic (exact) mass is 244 g/mol. The third kappa shape index (κ3) is 3.58. The first-order chi connectivity index (χ1) is 7.63. The van der Waals surface area contributed by atoms with Gasteiger partial charge in [-0.1, -0.05) is 20.4 Å². The van der Waals surface area contributed by atoms with Gasteiger partial charge in [0.05, 0.1) is 6.42 Å². The number of carbonyl (C=O) groups is 3. The van der Waals surface area contributed by atoms with Crippen LogP contribution in [-0.2, 0) is 19.1 Å². The minimum absolute atomic E-state index is 0.0154. The molecule has 0 aliphatic rings. The van der Waals surface area contributed by atoms with Crippen LogP contribution in [0.4, 0.5) is 0 Å².